The molecule has 0 fully saturated rings. The van der Waals surface area contributed by atoms with Crippen molar-refractivity contribution in [2.45, 2.75) is 13.5 Å². The lowest BCUT2D eigenvalue weighted by Gasteiger charge is -2.18. The van der Waals surface area contributed by atoms with Gasteiger partial charge in [0, 0.05) is 19.2 Å². The van der Waals surface area contributed by atoms with Crippen LogP contribution in [0.2, 0.25) is 0 Å². The molecular weight excluding hydrogens is 334 g/mol. The maximum absolute atomic E-state index is 12.3. The lowest BCUT2D eigenvalue weighted by Crippen LogP contribution is -2.31. The summed E-state index contributed by atoms with van der Waals surface area (Å²) in [5.41, 5.74) is 1.48. The molecule has 0 aliphatic carbocycles. The van der Waals surface area contributed by atoms with Gasteiger partial charge in [-0.25, -0.2) is 0 Å². The fourth-order valence-corrected chi connectivity index (χ4v) is 2.35. The first kappa shape index (κ1) is 19.3. The molecule has 0 N–H and O–H groups in total. The van der Waals surface area contributed by atoms with Gasteiger partial charge >= 0.3 is 0 Å². The number of benzene rings is 2. The van der Waals surface area contributed by atoms with E-state index < -0.39 is 0 Å². The van der Waals surface area contributed by atoms with E-state index in [-0.39, 0.29) is 12.5 Å². The fourth-order valence-electron chi connectivity index (χ4n) is 2.35. The smallest absolute Gasteiger partial charge is 0.260 e. The monoisotopic (exact) mass is 357 g/mol. The molecule has 138 valence electrons. The van der Waals surface area contributed by atoms with Crippen molar-refractivity contribution in [3.8, 4) is 17.2 Å². The molecule has 2 rings (SSSR count). The molecule has 0 aromatic heterocycles. The third kappa shape index (κ3) is 5.24. The molecule has 2 aromatic rings. The van der Waals surface area contributed by atoms with Gasteiger partial charge in [-0.05, 0) is 42.8 Å². The van der Waals surface area contributed by atoms with E-state index in [4.69, 9.17) is 14.2 Å². The van der Waals surface area contributed by atoms with Crippen LogP contribution in [0.1, 0.15) is 22.8 Å². The van der Waals surface area contributed by atoms with Crippen LogP contribution in [0.3, 0.4) is 0 Å². The summed E-state index contributed by atoms with van der Waals surface area (Å²) >= 11 is 0. The van der Waals surface area contributed by atoms with E-state index in [2.05, 4.69) is 0 Å². The van der Waals surface area contributed by atoms with Crippen molar-refractivity contribution < 1.29 is 23.8 Å². The topological polar surface area (TPSA) is 65.1 Å². The number of carbonyl (C=O) groups excluding carboxylic acids is 2. The molecule has 26 heavy (non-hydrogen) atoms. The molecule has 0 radical (unpaired) electrons. The zero-order valence-electron chi connectivity index (χ0n) is 15.2. The Morgan fingerprint density at radius 3 is 2.42 bits per heavy atom. The highest BCUT2D eigenvalue weighted by Gasteiger charge is 2.13. The van der Waals surface area contributed by atoms with Gasteiger partial charge in [0.15, 0.2) is 18.1 Å². The number of likely N-dealkylation sites (N-methyl/N-ethyl adjacent to an activating group) is 1. The normalized spacial score (nSPS) is 10.1. The number of nitrogens with zero attached hydrogens (tertiary/aromatic N) is 1. The molecule has 0 saturated carbocycles. The Morgan fingerprint density at radius 1 is 1.08 bits per heavy atom. The number of ether oxygens (including phenoxy) is 3. The molecule has 6 nitrogen and oxygen atoms in total. The number of methoxy groups -OCH3 is 1. The Labute approximate surface area is 153 Å². The van der Waals surface area contributed by atoms with E-state index in [0.29, 0.717) is 30.2 Å². The molecule has 0 heterocycles. The Balaban J connectivity index is 1.91. The fraction of sp³-hybridized carbons (Fsp3) is 0.300. The van der Waals surface area contributed by atoms with Gasteiger partial charge in [0.25, 0.3) is 5.91 Å². The van der Waals surface area contributed by atoms with Crippen LogP contribution >= 0.6 is 0 Å². The summed E-state index contributed by atoms with van der Waals surface area (Å²) in [6, 6.07) is 12.4. The highest BCUT2D eigenvalue weighted by Crippen LogP contribution is 2.27. The van der Waals surface area contributed by atoms with Crippen LogP contribution in [-0.2, 0) is 11.3 Å². The Kier molecular flexibility index (Phi) is 7.02. The van der Waals surface area contributed by atoms with E-state index in [1.165, 1.54) is 7.11 Å². The molecule has 0 spiro atoms. The SMILES string of the molecule is CCOc1ccc(CN(C)C(=O)COc2ccc(C=O)cc2OC)cc1. The van der Waals surface area contributed by atoms with Gasteiger partial charge in [0.1, 0.15) is 12.0 Å². The van der Waals surface area contributed by atoms with Gasteiger partial charge in [-0.2, -0.15) is 0 Å². The van der Waals surface area contributed by atoms with Crippen molar-refractivity contribution in [2.75, 3.05) is 27.4 Å². The lowest BCUT2D eigenvalue weighted by atomic mass is 10.2. The van der Waals surface area contributed by atoms with Gasteiger partial charge in [-0.15, -0.1) is 0 Å². The minimum absolute atomic E-state index is 0.121. The van der Waals surface area contributed by atoms with Crippen molar-refractivity contribution in [1.29, 1.82) is 0 Å². The van der Waals surface area contributed by atoms with E-state index in [9.17, 15) is 9.59 Å². The van der Waals surface area contributed by atoms with Crippen molar-refractivity contribution in [3.63, 3.8) is 0 Å². The average Bonchev–Trinajstić information content (AvgIpc) is 2.67. The molecule has 6 heteroatoms. The standard InChI is InChI=1S/C20H23NO5/c1-4-25-17-8-5-15(6-9-17)12-21(2)20(23)14-26-18-10-7-16(13-22)11-19(18)24-3/h5-11,13H,4,12,14H2,1-3H3. The van der Waals surface area contributed by atoms with E-state index in [1.807, 2.05) is 31.2 Å². The largest absolute Gasteiger partial charge is 0.494 e. The summed E-state index contributed by atoms with van der Waals surface area (Å²) in [7, 11) is 3.20. The molecular formula is C20H23NO5. The summed E-state index contributed by atoms with van der Waals surface area (Å²) in [6.07, 6.45) is 0.724. The molecule has 0 atom stereocenters. The van der Waals surface area contributed by atoms with Crippen LogP contribution in [0.15, 0.2) is 42.5 Å². The van der Waals surface area contributed by atoms with Gasteiger partial charge in [-0.1, -0.05) is 12.1 Å². The second-order valence-corrected chi connectivity index (χ2v) is 5.64. The number of hydrogen-bond acceptors (Lipinski definition) is 5. The maximum Gasteiger partial charge on any atom is 0.260 e. The molecule has 0 saturated heterocycles. The number of amides is 1. The summed E-state index contributed by atoms with van der Waals surface area (Å²) in [5, 5.41) is 0. The predicted molar refractivity (Wildman–Crippen MR) is 98.0 cm³/mol. The number of carbonyl (C=O) groups is 2. The second kappa shape index (κ2) is 9.46. The second-order valence-electron chi connectivity index (χ2n) is 5.64. The third-order valence-electron chi connectivity index (χ3n) is 3.75. The first-order chi connectivity index (χ1) is 12.6. The number of aldehydes is 1. The first-order valence-corrected chi connectivity index (χ1v) is 8.29. The summed E-state index contributed by atoms with van der Waals surface area (Å²) in [4.78, 5) is 24.7. The van der Waals surface area contributed by atoms with E-state index >= 15 is 0 Å². The Bertz CT molecular complexity index is 742. The number of hydrogen-bond donors (Lipinski definition) is 0. The molecule has 0 aliphatic heterocycles. The summed E-state index contributed by atoms with van der Waals surface area (Å²) in [6.45, 7) is 2.90. The average molecular weight is 357 g/mol. The van der Waals surface area contributed by atoms with Crippen LogP contribution in [0.5, 0.6) is 17.2 Å². The Hall–Kier alpha value is -3.02. The van der Waals surface area contributed by atoms with Crippen LogP contribution in [0, 0.1) is 0 Å². The molecule has 0 bridgehead atoms. The van der Waals surface area contributed by atoms with E-state index in [0.717, 1.165) is 17.6 Å². The molecule has 1 amide bonds. The summed E-state index contributed by atoms with van der Waals surface area (Å²) < 4.78 is 16.1. The highest BCUT2D eigenvalue weighted by atomic mass is 16.5. The quantitative estimate of drug-likeness (QED) is 0.646. The van der Waals surface area contributed by atoms with Crippen LogP contribution in [-0.4, -0.2) is 44.5 Å². The van der Waals surface area contributed by atoms with Gasteiger partial charge in [0.05, 0.1) is 13.7 Å². The number of rotatable bonds is 9. The minimum atomic E-state index is -0.166. The molecule has 2 aromatic carbocycles. The van der Waals surface area contributed by atoms with Crippen molar-refractivity contribution >= 4 is 12.2 Å². The van der Waals surface area contributed by atoms with Crippen LogP contribution in [0.4, 0.5) is 0 Å². The van der Waals surface area contributed by atoms with Gasteiger partial charge < -0.3 is 19.1 Å². The van der Waals surface area contributed by atoms with Crippen LogP contribution in [0.25, 0.3) is 0 Å². The third-order valence-corrected chi connectivity index (χ3v) is 3.75. The lowest BCUT2D eigenvalue weighted by molar-refractivity contribution is -0.132. The molecule has 0 unspecified atom stereocenters. The highest BCUT2D eigenvalue weighted by molar-refractivity contribution is 5.78. The van der Waals surface area contributed by atoms with Gasteiger partial charge in [-0.3, -0.25) is 9.59 Å². The van der Waals surface area contributed by atoms with Gasteiger partial charge in [0.2, 0.25) is 0 Å². The van der Waals surface area contributed by atoms with Crippen molar-refractivity contribution in [2.24, 2.45) is 0 Å². The van der Waals surface area contributed by atoms with Crippen molar-refractivity contribution in [3.05, 3.63) is 53.6 Å². The summed E-state index contributed by atoms with van der Waals surface area (Å²) in [5.74, 6) is 1.47. The molecule has 0 aliphatic rings. The Morgan fingerprint density at radius 2 is 1.81 bits per heavy atom. The zero-order valence-corrected chi connectivity index (χ0v) is 15.2. The zero-order chi connectivity index (χ0) is 18.9. The van der Waals surface area contributed by atoms with Crippen molar-refractivity contribution in [1.82, 2.24) is 4.90 Å². The minimum Gasteiger partial charge on any atom is -0.494 e. The predicted octanol–water partition coefficient (Wildman–Crippen LogP) is 2.94. The first-order valence-electron chi connectivity index (χ1n) is 8.29. The van der Waals surface area contributed by atoms with Crippen LogP contribution < -0.4 is 14.2 Å². The maximum atomic E-state index is 12.3. The van der Waals surface area contributed by atoms with E-state index in [1.54, 1.807) is 30.1 Å².